The van der Waals surface area contributed by atoms with Crippen LogP contribution < -0.4 is 10.5 Å². The number of nitrogens with zero attached hydrogens (tertiary/aromatic N) is 1. The van der Waals surface area contributed by atoms with Crippen molar-refractivity contribution in [2.45, 2.75) is 25.8 Å². The molecule has 1 aromatic rings. The lowest BCUT2D eigenvalue weighted by Crippen LogP contribution is -2.23. The van der Waals surface area contributed by atoms with Crippen molar-refractivity contribution in [2.24, 2.45) is 5.73 Å². The topological polar surface area (TPSA) is 48.1 Å². The van der Waals surface area contributed by atoms with Gasteiger partial charge in [-0.1, -0.05) is 6.92 Å². The Bertz CT molecular complexity index is 315. The largest absolute Gasteiger partial charge is 0.481 e. The number of pyridine rings is 1. The van der Waals surface area contributed by atoms with Gasteiger partial charge in [-0.3, -0.25) is 0 Å². The molecule has 1 rings (SSSR count). The highest BCUT2D eigenvalue weighted by atomic mass is 19.1. The summed E-state index contributed by atoms with van der Waals surface area (Å²) in [7, 11) is 1.50. The van der Waals surface area contributed by atoms with Gasteiger partial charge in [-0.15, -0.1) is 0 Å². The first-order valence-electron chi connectivity index (χ1n) is 4.51. The van der Waals surface area contributed by atoms with Crippen LogP contribution in [0.15, 0.2) is 12.3 Å². The first kappa shape index (κ1) is 10.9. The Labute approximate surface area is 83.1 Å². The number of hydrogen-bond donors (Lipinski definition) is 1. The number of halogens is 1. The van der Waals surface area contributed by atoms with Gasteiger partial charge in [0.15, 0.2) is 0 Å². The molecule has 0 spiro atoms. The minimum absolute atomic E-state index is 0.0492. The molecule has 1 heterocycles. The Morgan fingerprint density at radius 2 is 2.14 bits per heavy atom. The Morgan fingerprint density at radius 3 is 2.64 bits per heavy atom. The summed E-state index contributed by atoms with van der Waals surface area (Å²) < 4.78 is 18.3. The van der Waals surface area contributed by atoms with E-state index in [0.29, 0.717) is 11.4 Å². The summed E-state index contributed by atoms with van der Waals surface area (Å²) in [5, 5.41) is 0. The molecule has 2 unspecified atom stereocenters. The summed E-state index contributed by atoms with van der Waals surface area (Å²) in [5.41, 5.74) is 6.25. The van der Waals surface area contributed by atoms with Crippen LogP contribution in [0.3, 0.4) is 0 Å². The van der Waals surface area contributed by atoms with E-state index in [-0.39, 0.29) is 17.8 Å². The zero-order valence-electron chi connectivity index (χ0n) is 8.62. The molecule has 0 aliphatic carbocycles. The molecule has 0 fully saturated rings. The van der Waals surface area contributed by atoms with Crippen molar-refractivity contribution >= 4 is 0 Å². The van der Waals surface area contributed by atoms with Crippen molar-refractivity contribution in [2.75, 3.05) is 7.11 Å². The monoisotopic (exact) mass is 198 g/mol. The van der Waals surface area contributed by atoms with Crippen molar-refractivity contribution in [3.8, 4) is 5.88 Å². The highest BCUT2D eigenvalue weighted by Crippen LogP contribution is 2.23. The quantitative estimate of drug-likeness (QED) is 0.803. The number of hydrogen-bond acceptors (Lipinski definition) is 3. The normalized spacial score (nSPS) is 14.9. The van der Waals surface area contributed by atoms with Crippen LogP contribution in [0, 0.1) is 5.82 Å². The van der Waals surface area contributed by atoms with Crippen LogP contribution in [0.5, 0.6) is 5.88 Å². The second-order valence-electron chi connectivity index (χ2n) is 3.40. The van der Waals surface area contributed by atoms with E-state index >= 15 is 0 Å². The molecule has 14 heavy (non-hydrogen) atoms. The summed E-state index contributed by atoms with van der Waals surface area (Å²) in [6, 6.07) is 1.49. The van der Waals surface area contributed by atoms with Crippen LogP contribution >= 0.6 is 0 Å². The Morgan fingerprint density at radius 1 is 1.50 bits per heavy atom. The lowest BCUT2D eigenvalue weighted by Gasteiger charge is -2.16. The Hall–Kier alpha value is -1.16. The third kappa shape index (κ3) is 2.20. The van der Waals surface area contributed by atoms with Crippen LogP contribution in [0.2, 0.25) is 0 Å². The molecule has 2 N–H and O–H groups in total. The van der Waals surface area contributed by atoms with E-state index in [1.165, 1.54) is 7.11 Å². The number of ether oxygens (including phenoxy) is 1. The summed E-state index contributed by atoms with van der Waals surface area (Å²) in [6.45, 7) is 3.72. The van der Waals surface area contributed by atoms with Gasteiger partial charge in [-0.05, 0) is 18.4 Å². The summed E-state index contributed by atoms with van der Waals surface area (Å²) >= 11 is 0. The summed E-state index contributed by atoms with van der Waals surface area (Å²) in [5.74, 6) is 0.0244. The maximum Gasteiger partial charge on any atom is 0.213 e. The molecule has 2 atom stereocenters. The van der Waals surface area contributed by atoms with E-state index in [0.717, 1.165) is 6.20 Å². The SMILES string of the molecule is COc1cc(C(C)C(C)N)c(F)cn1. The zero-order valence-corrected chi connectivity index (χ0v) is 8.62. The van der Waals surface area contributed by atoms with Crippen LogP contribution in [0.1, 0.15) is 25.3 Å². The van der Waals surface area contributed by atoms with Crippen LogP contribution in [0.4, 0.5) is 4.39 Å². The van der Waals surface area contributed by atoms with E-state index in [2.05, 4.69) is 4.98 Å². The molecule has 4 heteroatoms. The average molecular weight is 198 g/mol. The van der Waals surface area contributed by atoms with Gasteiger partial charge in [0.2, 0.25) is 5.88 Å². The van der Waals surface area contributed by atoms with Gasteiger partial charge in [0.05, 0.1) is 13.3 Å². The maximum atomic E-state index is 13.3. The maximum absolute atomic E-state index is 13.3. The van der Waals surface area contributed by atoms with E-state index in [9.17, 15) is 4.39 Å². The lowest BCUT2D eigenvalue weighted by atomic mass is 9.95. The smallest absolute Gasteiger partial charge is 0.213 e. The van der Waals surface area contributed by atoms with Crippen molar-refractivity contribution < 1.29 is 9.13 Å². The average Bonchev–Trinajstić information content (AvgIpc) is 2.17. The minimum Gasteiger partial charge on any atom is -0.481 e. The number of aromatic nitrogens is 1. The molecule has 0 amide bonds. The highest BCUT2D eigenvalue weighted by molar-refractivity contribution is 5.26. The van der Waals surface area contributed by atoms with Crippen LogP contribution in [0.25, 0.3) is 0 Å². The fourth-order valence-corrected chi connectivity index (χ4v) is 1.18. The summed E-state index contributed by atoms with van der Waals surface area (Å²) in [4.78, 5) is 3.76. The van der Waals surface area contributed by atoms with Gasteiger partial charge in [-0.2, -0.15) is 0 Å². The molecule has 0 aliphatic heterocycles. The second kappa shape index (κ2) is 4.37. The molecular weight excluding hydrogens is 183 g/mol. The first-order chi connectivity index (χ1) is 6.56. The van der Waals surface area contributed by atoms with Gasteiger partial charge in [-0.25, -0.2) is 9.37 Å². The van der Waals surface area contributed by atoms with Crippen LogP contribution in [-0.2, 0) is 0 Å². The Balaban J connectivity index is 3.05. The predicted octanol–water partition coefficient (Wildman–Crippen LogP) is 1.68. The van der Waals surface area contributed by atoms with E-state index < -0.39 is 0 Å². The van der Waals surface area contributed by atoms with Gasteiger partial charge < -0.3 is 10.5 Å². The van der Waals surface area contributed by atoms with Crippen molar-refractivity contribution in [1.29, 1.82) is 0 Å². The number of nitrogens with two attached hydrogens (primary N) is 1. The molecule has 1 aromatic heterocycles. The molecule has 0 saturated heterocycles. The molecule has 3 nitrogen and oxygen atoms in total. The van der Waals surface area contributed by atoms with E-state index in [4.69, 9.17) is 10.5 Å². The van der Waals surface area contributed by atoms with Gasteiger partial charge in [0, 0.05) is 12.1 Å². The number of methoxy groups -OCH3 is 1. The van der Waals surface area contributed by atoms with Gasteiger partial charge in [0.25, 0.3) is 0 Å². The van der Waals surface area contributed by atoms with Gasteiger partial charge >= 0.3 is 0 Å². The third-order valence-corrected chi connectivity index (χ3v) is 2.35. The molecule has 0 bridgehead atoms. The predicted molar refractivity (Wildman–Crippen MR) is 52.8 cm³/mol. The summed E-state index contributed by atoms with van der Waals surface area (Å²) in [6.07, 6.45) is 1.16. The molecule has 0 aliphatic rings. The van der Waals surface area contributed by atoms with Gasteiger partial charge in [0.1, 0.15) is 5.82 Å². The number of rotatable bonds is 3. The zero-order chi connectivity index (χ0) is 10.7. The third-order valence-electron chi connectivity index (χ3n) is 2.35. The van der Waals surface area contributed by atoms with Crippen molar-refractivity contribution in [3.05, 3.63) is 23.6 Å². The van der Waals surface area contributed by atoms with Crippen molar-refractivity contribution in [1.82, 2.24) is 4.98 Å². The fourth-order valence-electron chi connectivity index (χ4n) is 1.18. The standard InChI is InChI=1S/C10H15FN2O/c1-6(7(2)12)8-4-10(14-3)13-5-9(8)11/h4-7H,12H2,1-3H3. The van der Waals surface area contributed by atoms with Crippen LogP contribution in [-0.4, -0.2) is 18.1 Å². The molecule has 0 aromatic carbocycles. The molecule has 0 saturated carbocycles. The molecule has 78 valence electrons. The van der Waals surface area contributed by atoms with Crippen molar-refractivity contribution in [3.63, 3.8) is 0 Å². The van der Waals surface area contributed by atoms with E-state index in [1.807, 2.05) is 13.8 Å². The molecule has 0 radical (unpaired) electrons. The first-order valence-corrected chi connectivity index (χ1v) is 4.51. The minimum atomic E-state index is -0.337. The highest BCUT2D eigenvalue weighted by Gasteiger charge is 2.16. The van der Waals surface area contributed by atoms with E-state index in [1.54, 1.807) is 6.07 Å². The lowest BCUT2D eigenvalue weighted by molar-refractivity contribution is 0.393. The molecular formula is C10H15FN2O. The fraction of sp³-hybridized carbons (Fsp3) is 0.500. The Kier molecular flexibility index (Phi) is 3.41. The second-order valence-corrected chi connectivity index (χ2v) is 3.40.